The maximum absolute atomic E-state index is 15.0. The molecule has 0 unspecified atom stereocenters. The second kappa shape index (κ2) is 13.3. The third-order valence-corrected chi connectivity index (χ3v) is 5.56. The molecule has 0 aliphatic rings. The van der Waals surface area contributed by atoms with E-state index in [2.05, 4.69) is 20.5 Å². The van der Waals surface area contributed by atoms with Crippen molar-refractivity contribution >= 4 is 34.0 Å². The maximum atomic E-state index is 15.0. The Bertz CT molecular complexity index is 1150. The molecule has 0 saturated heterocycles. The van der Waals surface area contributed by atoms with Gasteiger partial charge in [0.15, 0.2) is 5.82 Å². The largest absolute Gasteiger partial charge is 0.496 e. The summed E-state index contributed by atoms with van der Waals surface area (Å²) in [5, 5.41) is 19.4. The van der Waals surface area contributed by atoms with Crippen LogP contribution in [0.5, 0.6) is 10.9 Å². The number of halogens is 2. The number of anilines is 1. The average Bonchev–Trinajstić information content (AvgIpc) is 3.29. The first-order valence-electron chi connectivity index (χ1n) is 10.5. The lowest BCUT2D eigenvalue weighted by Gasteiger charge is -2.14. The zero-order valence-electron chi connectivity index (χ0n) is 19.0. The summed E-state index contributed by atoms with van der Waals surface area (Å²) in [4.78, 5) is 17.2. The predicted molar refractivity (Wildman–Crippen MR) is 128 cm³/mol. The van der Waals surface area contributed by atoms with Crippen molar-refractivity contribution in [1.29, 1.82) is 0 Å². The number of benzene rings is 1. The second-order valence-electron chi connectivity index (χ2n) is 6.93. The lowest BCUT2D eigenvalue weighted by molar-refractivity contribution is 0.0246. The van der Waals surface area contributed by atoms with Crippen molar-refractivity contribution < 1.29 is 33.2 Å². The number of aliphatic hydroxyl groups is 1. The van der Waals surface area contributed by atoms with Crippen LogP contribution >= 0.6 is 22.9 Å². The number of amides is 1. The summed E-state index contributed by atoms with van der Waals surface area (Å²) in [6.07, 6.45) is 1.35. The van der Waals surface area contributed by atoms with Crippen LogP contribution in [0.2, 0.25) is 5.02 Å². The number of aliphatic hydroxyl groups excluding tert-OH is 1. The molecule has 35 heavy (non-hydrogen) atoms. The molecular weight excluding hydrogens is 503 g/mol. The molecule has 2 N–H and O–H groups in total. The molecule has 3 aromatic rings. The lowest BCUT2D eigenvalue weighted by atomic mass is 9.98. The molecule has 0 aliphatic carbocycles. The molecular formula is C22H24ClFN4O6S. The zero-order chi connectivity index (χ0) is 25.2. The van der Waals surface area contributed by atoms with Gasteiger partial charge in [0.2, 0.25) is 5.13 Å². The Balaban J connectivity index is 1.66. The van der Waals surface area contributed by atoms with Gasteiger partial charge in [-0.25, -0.2) is 4.39 Å². The van der Waals surface area contributed by atoms with E-state index >= 15 is 0 Å². The fourth-order valence-corrected chi connectivity index (χ4v) is 3.73. The fourth-order valence-electron chi connectivity index (χ4n) is 2.96. The first-order valence-corrected chi connectivity index (χ1v) is 11.7. The van der Waals surface area contributed by atoms with E-state index in [4.69, 9.17) is 35.7 Å². The highest BCUT2D eigenvalue weighted by Gasteiger charge is 2.23. The van der Waals surface area contributed by atoms with Crippen LogP contribution in [0.1, 0.15) is 16.1 Å². The van der Waals surface area contributed by atoms with Gasteiger partial charge < -0.3 is 24.1 Å². The quantitative estimate of drug-likeness (QED) is 0.322. The molecule has 0 fully saturated rings. The van der Waals surface area contributed by atoms with Crippen molar-refractivity contribution in [2.75, 3.05) is 52.1 Å². The summed E-state index contributed by atoms with van der Waals surface area (Å²) in [5.41, 5.74) is 1.00. The van der Waals surface area contributed by atoms with Gasteiger partial charge in [0.25, 0.3) is 11.1 Å². The van der Waals surface area contributed by atoms with Crippen molar-refractivity contribution in [3.05, 3.63) is 46.5 Å². The summed E-state index contributed by atoms with van der Waals surface area (Å²) >= 11 is 7.01. The average molecular weight is 527 g/mol. The molecule has 3 rings (SSSR count). The van der Waals surface area contributed by atoms with Crippen molar-refractivity contribution in [3.8, 4) is 22.1 Å². The van der Waals surface area contributed by atoms with Gasteiger partial charge in [0, 0.05) is 17.5 Å². The molecule has 0 atom stereocenters. The number of aromatic nitrogens is 3. The first kappa shape index (κ1) is 26.7. The predicted octanol–water partition coefficient (Wildman–Crippen LogP) is 3.37. The van der Waals surface area contributed by atoms with Crippen molar-refractivity contribution in [2.45, 2.75) is 6.92 Å². The van der Waals surface area contributed by atoms with Gasteiger partial charge in [0.05, 0.1) is 56.3 Å². The Morgan fingerprint density at radius 3 is 2.66 bits per heavy atom. The Morgan fingerprint density at radius 1 is 1.17 bits per heavy atom. The Kier molecular flexibility index (Phi) is 10.1. The normalized spacial score (nSPS) is 10.9. The molecule has 0 aliphatic heterocycles. The summed E-state index contributed by atoms with van der Waals surface area (Å²) in [6.45, 7) is 3.22. The number of hydrogen-bond donors (Lipinski definition) is 2. The van der Waals surface area contributed by atoms with E-state index < -0.39 is 11.7 Å². The molecule has 1 amide bonds. The first-order chi connectivity index (χ1) is 16.9. The number of carbonyl (C=O) groups excluding carboxylic acids is 1. The van der Waals surface area contributed by atoms with Gasteiger partial charge in [-0.15, -0.1) is 5.10 Å². The number of pyridine rings is 1. The molecule has 10 nitrogen and oxygen atoms in total. The lowest BCUT2D eigenvalue weighted by Crippen LogP contribution is -2.14. The summed E-state index contributed by atoms with van der Waals surface area (Å²) in [5.74, 6) is -1.05. The van der Waals surface area contributed by atoms with E-state index in [1.807, 2.05) is 0 Å². The second-order valence-corrected chi connectivity index (χ2v) is 8.28. The van der Waals surface area contributed by atoms with Crippen LogP contribution in [0.3, 0.4) is 0 Å². The number of hydrogen-bond acceptors (Lipinski definition) is 10. The Morgan fingerprint density at radius 2 is 1.91 bits per heavy atom. The van der Waals surface area contributed by atoms with Crippen LogP contribution in [0.4, 0.5) is 9.52 Å². The van der Waals surface area contributed by atoms with E-state index in [0.717, 1.165) is 11.3 Å². The third kappa shape index (κ3) is 7.29. The summed E-state index contributed by atoms with van der Waals surface area (Å²) in [7, 11) is 1.40. The molecule has 2 aromatic heterocycles. The summed E-state index contributed by atoms with van der Waals surface area (Å²) < 4.78 is 36.1. The monoisotopic (exact) mass is 526 g/mol. The van der Waals surface area contributed by atoms with Gasteiger partial charge in [-0.1, -0.05) is 16.7 Å². The number of carbonyl (C=O) groups is 1. The number of rotatable bonds is 13. The highest BCUT2D eigenvalue weighted by Crippen LogP contribution is 2.38. The standard InChI is InChI=1S/C22H24ClFN4O6S/c1-13-11-14(18-17(31-2)4-3-16(23)19(18)24)15(12-25-13)20(30)26-21-27-28-22(35-21)34-10-9-33-8-7-32-6-5-29/h3-4,11-12,29H,5-10H2,1-2H3,(H,26,27,30). The van der Waals surface area contributed by atoms with Crippen molar-refractivity contribution in [1.82, 2.24) is 15.2 Å². The van der Waals surface area contributed by atoms with Gasteiger partial charge >= 0.3 is 0 Å². The van der Waals surface area contributed by atoms with Gasteiger partial charge in [-0.2, -0.15) is 0 Å². The number of methoxy groups -OCH3 is 1. The number of ether oxygens (including phenoxy) is 4. The van der Waals surface area contributed by atoms with Crippen LogP contribution < -0.4 is 14.8 Å². The molecule has 0 bridgehead atoms. The van der Waals surface area contributed by atoms with Crippen LogP contribution in [-0.4, -0.2) is 72.9 Å². The van der Waals surface area contributed by atoms with Gasteiger partial charge in [-0.3, -0.25) is 15.1 Å². The van der Waals surface area contributed by atoms with Gasteiger partial charge in [0.1, 0.15) is 12.4 Å². The fraction of sp³-hybridized carbons (Fsp3) is 0.364. The molecule has 2 heterocycles. The van der Waals surface area contributed by atoms with E-state index in [0.29, 0.717) is 25.5 Å². The third-order valence-electron chi connectivity index (χ3n) is 4.52. The molecule has 0 spiro atoms. The van der Waals surface area contributed by atoms with E-state index in [1.54, 1.807) is 13.0 Å². The van der Waals surface area contributed by atoms with E-state index in [-0.39, 0.29) is 57.6 Å². The van der Waals surface area contributed by atoms with Crippen LogP contribution in [0.25, 0.3) is 11.1 Å². The molecule has 1 aromatic carbocycles. The van der Waals surface area contributed by atoms with E-state index in [1.165, 1.54) is 25.4 Å². The van der Waals surface area contributed by atoms with Crippen LogP contribution in [0, 0.1) is 12.7 Å². The molecule has 0 saturated carbocycles. The van der Waals surface area contributed by atoms with Crippen molar-refractivity contribution in [3.63, 3.8) is 0 Å². The minimum absolute atomic E-state index is 0.0353. The smallest absolute Gasteiger partial charge is 0.295 e. The summed E-state index contributed by atoms with van der Waals surface area (Å²) in [6, 6.07) is 4.49. The SMILES string of the molecule is COc1ccc(Cl)c(F)c1-c1cc(C)ncc1C(=O)Nc1nnc(OCCOCCOCCO)s1. The number of nitrogens with one attached hydrogen (secondary N) is 1. The van der Waals surface area contributed by atoms with Crippen LogP contribution in [-0.2, 0) is 9.47 Å². The minimum Gasteiger partial charge on any atom is -0.496 e. The topological polar surface area (TPSA) is 125 Å². The highest BCUT2D eigenvalue weighted by atomic mass is 35.5. The molecule has 13 heteroatoms. The minimum atomic E-state index is -0.709. The highest BCUT2D eigenvalue weighted by molar-refractivity contribution is 7.17. The maximum Gasteiger partial charge on any atom is 0.295 e. The Labute approximate surface area is 210 Å². The van der Waals surface area contributed by atoms with E-state index in [9.17, 15) is 9.18 Å². The zero-order valence-corrected chi connectivity index (χ0v) is 20.6. The number of aryl methyl sites for hydroxylation is 1. The molecule has 188 valence electrons. The van der Waals surface area contributed by atoms with Crippen LogP contribution in [0.15, 0.2) is 24.4 Å². The van der Waals surface area contributed by atoms with Crippen molar-refractivity contribution in [2.24, 2.45) is 0 Å². The Hall–Kier alpha value is -2.90. The number of nitrogens with zero attached hydrogens (tertiary/aromatic N) is 3. The molecule has 0 radical (unpaired) electrons. The van der Waals surface area contributed by atoms with Gasteiger partial charge in [-0.05, 0) is 36.5 Å².